The number of fused-ring (bicyclic) bond motifs is 1. The van der Waals surface area contributed by atoms with Gasteiger partial charge in [-0.05, 0) is 40.3 Å². The maximum absolute atomic E-state index is 12.8. The molecule has 0 bridgehead atoms. The lowest BCUT2D eigenvalue weighted by Crippen LogP contribution is -2.10. The largest absolute Gasteiger partial charge is 0.339 e. The predicted octanol–water partition coefficient (Wildman–Crippen LogP) is 5.80. The van der Waals surface area contributed by atoms with Crippen molar-refractivity contribution in [1.82, 2.24) is 4.57 Å². The zero-order valence-corrected chi connectivity index (χ0v) is 15.7. The molecule has 2 nitrogen and oxygen atoms in total. The molecule has 0 radical (unpaired) electrons. The molecular formula is C22H16INO. The van der Waals surface area contributed by atoms with Crippen LogP contribution in [0.25, 0.3) is 22.0 Å². The van der Waals surface area contributed by atoms with Crippen LogP contribution in [0.15, 0.2) is 85.1 Å². The Balaban J connectivity index is 1.78. The summed E-state index contributed by atoms with van der Waals surface area (Å²) in [6.45, 7) is 0.341. The smallest absolute Gasteiger partial charge is 0.183 e. The number of rotatable bonds is 4. The molecule has 0 unspecified atom stereocenters. The summed E-state index contributed by atoms with van der Waals surface area (Å²) in [7, 11) is 0. The number of halogens is 1. The van der Waals surface area contributed by atoms with Crippen molar-refractivity contribution >= 4 is 39.3 Å². The molecule has 0 aliphatic heterocycles. The number of carbonyl (C=O) groups excluding carboxylic acids is 1. The van der Waals surface area contributed by atoms with E-state index in [0.29, 0.717) is 6.54 Å². The summed E-state index contributed by atoms with van der Waals surface area (Å²) in [5.41, 5.74) is 4.19. The monoisotopic (exact) mass is 437 g/mol. The Morgan fingerprint density at radius 3 is 2.32 bits per heavy atom. The number of carbonyl (C=O) groups is 1. The van der Waals surface area contributed by atoms with Crippen LogP contribution in [0.2, 0.25) is 0 Å². The minimum Gasteiger partial charge on any atom is -0.339 e. The van der Waals surface area contributed by atoms with Crippen molar-refractivity contribution in [3.63, 3.8) is 0 Å². The molecule has 4 aromatic rings. The van der Waals surface area contributed by atoms with Crippen molar-refractivity contribution in [3.8, 4) is 11.1 Å². The quantitative estimate of drug-likeness (QED) is 0.292. The SMILES string of the molecule is O=C(Cn1cc(-c2ccccc2)c2ccccc21)c1ccccc1I. The van der Waals surface area contributed by atoms with Crippen molar-refractivity contribution < 1.29 is 4.79 Å². The molecule has 1 heterocycles. The summed E-state index contributed by atoms with van der Waals surface area (Å²) in [6, 6.07) is 26.3. The summed E-state index contributed by atoms with van der Waals surface area (Å²) in [5, 5.41) is 1.17. The highest BCUT2D eigenvalue weighted by atomic mass is 127. The number of Topliss-reactive ketones (excluding diaryl/α,β-unsaturated/α-hetero) is 1. The van der Waals surface area contributed by atoms with E-state index < -0.39 is 0 Å². The fraction of sp³-hybridized carbons (Fsp3) is 0.0455. The molecule has 0 aliphatic rings. The van der Waals surface area contributed by atoms with Crippen LogP contribution in [0, 0.1) is 3.57 Å². The van der Waals surface area contributed by atoms with Crippen LogP contribution in [-0.2, 0) is 6.54 Å². The Bertz CT molecular complexity index is 1050. The van der Waals surface area contributed by atoms with Gasteiger partial charge < -0.3 is 4.57 Å². The van der Waals surface area contributed by atoms with E-state index >= 15 is 0 Å². The normalized spacial score (nSPS) is 10.9. The molecule has 0 saturated carbocycles. The van der Waals surface area contributed by atoms with Crippen LogP contribution in [0.3, 0.4) is 0 Å². The highest BCUT2D eigenvalue weighted by molar-refractivity contribution is 14.1. The third-order valence-electron chi connectivity index (χ3n) is 4.36. The van der Waals surface area contributed by atoms with Gasteiger partial charge in [0.25, 0.3) is 0 Å². The third-order valence-corrected chi connectivity index (χ3v) is 5.30. The van der Waals surface area contributed by atoms with Gasteiger partial charge in [0.05, 0.1) is 6.54 Å². The number of aromatic nitrogens is 1. The third kappa shape index (κ3) is 3.12. The first kappa shape index (κ1) is 16.1. The van der Waals surface area contributed by atoms with Crippen molar-refractivity contribution in [2.45, 2.75) is 6.54 Å². The lowest BCUT2D eigenvalue weighted by molar-refractivity contribution is 0.0973. The van der Waals surface area contributed by atoms with Crippen molar-refractivity contribution in [1.29, 1.82) is 0 Å². The molecule has 122 valence electrons. The molecule has 0 aliphatic carbocycles. The first-order valence-corrected chi connectivity index (χ1v) is 9.23. The zero-order valence-electron chi connectivity index (χ0n) is 13.5. The van der Waals surface area contributed by atoms with Crippen LogP contribution in [0.4, 0.5) is 0 Å². The molecule has 3 heteroatoms. The average molecular weight is 437 g/mol. The standard InChI is InChI=1S/C22H16INO/c23-20-12-6-4-11-18(20)22(25)15-24-14-19(16-8-2-1-3-9-16)17-10-5-7-13-21(17)24/h1-14H,15H2. The molecule has 25 heavy (non-hydrogen) atoms. The summed E-state index contributed by atoms with van der Waals surface area (Å²) in [6.07, 6.45) is 2.09. The lowest BCUT2D eigenvalue weighted by Gasteiger charge is -2.06. The van der Waals surface area contributed by atoms with E-state index in [1.54, 1.807) is 0 Å². The van der Waals surface area contributed by atoms with Gasteiger partial charge in [0, 0.05) is 31.8 Å². The van der Waals surface area contributed by atoms with Crippen molar-refractivity contribution in [2.75, 3.05) is 0 Å². The van der Waals surface area contributed by atoms with E-state index in [-0.39, 0.29) is 5.78 Å². The Hall–Kier alpha value is -2.40. The molecule has 3 aromatic carbocycles. The number of ketones is 1. The van der Waals surface area contributed by atoms with Crippen molar-refractivity contribution in [3.05, 3.63) is 94.2 Å². The van der Waals surface area contributed by atoms with Gasteiger partial charge in [0.15, 0.2) is 5.78 Å². The van der Waals surface area contributed by atoms with Crippen LogP contribution in [-0.4, -0.2) is 10.4 Å². The molecule has 1 aromatic heterocycles. The van der Waals surface area contributed by atoms with E-state index in [1.807, 2.05) is 54.6 Å². The van der Waals surface area contributed by atoms with E-state index in [4.69, 9.17) is 0 Å². The van der Waals surface area contributed by atoms with Gasteiger partial charge in [0.2, 0.25) is 0 Å². The fourth-order valence-electron chi connectivity index (χ4n) is 3.15. The molecule has 0 amide bonds. The van der Waals surface area contributed by atoms with Gasteiger partial charge >= 0.3 is 0 Å². The number of hydrogen-bond acceptors (Lipinski definition) is 1. The highest BCUT2D eigenvalue weighted by Crippen LogP contribution is 2.30. The van der Waals surface area contributed by atoms with Gasteiger partial charge in [-0.2, -0.15) is 0 Å². The van der Waals surface area contributed by atoms with Crippen LogP contribution >= 0.6 is 22.6 Å². The Morgan fingerprint density at radius 2 is 1.52 bits per heavy atom. The second kappa shape index (κ2) is 6.84. The van der Waals surface area contributed by atoms with E-state index in [9.17, 15) is 4.79 Å². The summed E-state index contributed by atoms with van der Waals surface area (Å²) >= 11 is 2.22. The number of benzene rings is 3. The van der Waals surface area contributed by atoms with Gasteiger partial charge in [-0.1, -0.05) is 66.7 Å². The zero-order chi connectivity index (χ0) is 17.2. The van der Waals surface area contributed by atoms with Gasteiger partial charge in [-0.25, -0.2) is 0 Å². The van der Waals surface area contributed by atoms with Gasteiger partial charge in [-0.3, -0.25) is 4.79 Å². The molecule has 0 atom stereocenters. The number of hydrogen-bond donors (Lipinski definition) is 0. The lowest BCUT2D eigenvalue weighted by atomic mass is 10.1. The molecular weight excluding hydrogens is 421 g/mol. The molecule has 0 spiro atoms. The second-order valence-electron chi connectivity index (χ2n) is 5.96. The minimum atomic E-state index is 0.130. The Labute approximate surface area is 160 Å². The Kier molecular flexibility index (Phi) is 4.40. The molecule has 4 rings (SSSR count). The summed E-state index contributed by atoms with van der Waals surface area (Å²) in [4.78, 5) is 12.8. The predicted molar refractivity (Wildman–Crippen MR) is 111 cm³/mol. The van der Waals surface area contributed by atoms with E-state index in [0.717, 1.165) is 20.2 Å². The van der Waals surface area contributed by atoms with Crippen LogP contribution in [0.1, 0.15) is 10.4 Å². The maximum Gasteiger partial charge on any atom is 0.183 e. The summed E-state index contributed by atoms with van der Waals surface area (Å²) in [5.74, 6) is 0.130. The summed E-state index contributed by atoms with van der Waals surface area (Å²) < 4.78 is 3.05. The first-order valence-electron chi connectivity index (χ1n) is 8.15. The van der Waals surface area contributed by atoms with Gasteiger partial charge in [-0.15, -0.1) is 0 Å². The average Bonchev–Trinajstić information content (AvgIpc) is 3.01. The highest BCUT2D eigenvalue weighted by Gasteiger charge is 2.14. The maximum atomic E-state index is 12.8. The second-order valence-corrected chi connectivity index (χ2v) is 7.12. The molecule has 0 N–H and O–H groups in total. The van der Waals surface area contributed by atoms with Crippen LogP contribution in [0.5, 0.6) is 0 Å². The number of para-hydroxylation sites is 1. The van der Waals surface area contributed by atoms with Crippen molar-refractivity contribution in [2.24, 2.45) is 0 Å². The van der Waals surface area contributed by atoms with Crippen LogP contribution < -0.4 is 0 Å². The minimum absolute atomic E-state index is 0.130. The molecule has 0 fully saturated rings. The fourth-order valence-corrected chi connectivity index (χ4v) is 3.84. The van der Waals surface area contributed by atoms with E-state index in [2.05, 4.69) is 57.6 Å². The van der Waals surface area contributed by atoms with E-state index in [1.165, 1.54) is 10.9 Å². The topological polar surface area (TPSA) is 22.0 Å². The molecule has 0 saturated heterocycles. The Morgan fingerprint density at radius 1 is 0.840 bits per heavy atom. The first-order chi connectivity index (χ1) is 12.2. The van der Waals surface area contributed by atoms with Gasteiger partial charge in [0.1, 0.15) is 0 Å². The number of nitrogens with zero attached hydrogens (tertiary/aromatic N) is 1.